The molecule has 3 aromatic carbocycles. The van der Waals surface area contributed by atoms with E-state index in [2.05, 4.69) is 66.9 Å². The number of aryl methyl sites for hydroxylation is 2. The van der Waals surface area contributed by atoms with Crippen LogP contribution in [0.3, 0.4) is 0 Å². The molecule has 0 aliphatic carbocycles. The van der Waals surface area contributed by atoms with Crippen LogP contribution < -0.4 is 15.4 Å². The number of aliphatic hydroxyl groups excluding tert-OH is 1. The maximum Gasteiger partial charge on any atom is 0.353 e. The quantitative estimate of drug-likeness (QED) is 0.0624. The van der Waals surface area contributed by atoms with Crippen LogP contribution in [0.2, 0.25) is 0 Å². The number of thiophene rings is 1. The number of aliphatic carboxylic acids is 1. The first kappa shape index (κ1) is 36.1. The Morgan fingerprint density at radius 3 is 2.04 bits per heavy atom. The van der Waals surface area contributed by atoms with E-state index in [0.717, 1.165) is 23.3 Å². The molecule has 0 amide bonds. The fourth-order valence-electron chi connectivity index (χ4n) is 4.33. The predicted octanol–water partition coefficient (Wildman–Crippen LogP) is 6.09. The fourth-order valence-corrected chi connectivity index (χ4v) is 5.77. The first-order chi connectivity index (χ1) is 21.5. The molecule has 45 heavy (non-hydrogen) atoms. The molecule has 6 N–H and O–H groups in total. The summed E-state index contributed by atoms with van der Waals surface area (Å²) in [5, 5.41) is 23.9. The summed E-state index contributed by atoms with van der Waals surface area (Å²) in [6, 6.07) is 28.7. The number of rotatable bonds is 16. The number of nitrogens with one attached hydrogen (secondary N) is 2. The minimum Gasteiger partial charge on any atom is -0.488 e. The van der Waals surface area contributed by atoms with Gasteiger partial charge in [0.25, 0.3) is 0 Å². The molecule has 0 saturated carbocycles. The molecular weight excluding hydrogens is 611 g/mol. The van der Waals surface area contributed by atoms with E-state index >= 15 is 0 Å². The normalized spacial score (nSPS) is 11.8. The molecule has 0 saturated heterocycles. The second-order valence-electron chi connectivity index (χ2n) is 10.5. The number of hydrogen-bond acceptors (Lipinski definition) is 7. The number of benzene rings is 3. The Labute approximate surface area is 269 Å². The number of carboxylic acid groups (broad SMARTS) is 1. The van der Waals surface area contributed by atoms with Gasteiger partial charge in [0.2, 0.25) is 0 Å². The molecule has 0 aliphatic rings. The first-order valence-corrected chi connectivity index (χ1v) is 17.4. The molecular formula is C34H43N2O7PS. The van der Waals surface area contributed by atoms with Gasteiger partial charge in [-0.05, 0) is 72.3 Å². The van der Waals surface area contributed by atoms with Crippen molar-refractivity contribution in [3.8, 4) is 16.9 Å². The van der Waals surface area contributed by atoms with Crippen molar-refractivity contribution in [3.63, 3.8) is 0 Å². The largest absolute Gasteiger partial charge is 0.488 e. The monoisotopic (exact) mass is 654 g/mol. The SMILES string of the molecule is CCc1ccc(CNCCC(O)P(=O)(O)O)cc1.Cc1sc(COc2ccc(CNCCC(=O)O)cc2)cc1-c1ccccc1. The van der Waals surface area contributed by atoms with E-state index in [9.17, 15) is 9.36 Å². The van der Waals surface area contributed by atoms with E-state index < -0.39 is 19.4 Å². The molecule has 1 heterocycles. The van der Waals surface area contributed by atoms with Crippen LogP contribution in [0, 0.1) is 6.92 Å². The summed E-state index contributed by atoms with van der Waals surface area (Å²) in [4.78, 5) is 30.4. The standard InChI is InChI=1S/C22H23NO3S.C12H20NO4P/c1-16-21(18-5-3-2-4-6-18)13-20(27-16)15-26-19-9-7-17(8-10-19)14-23-12-11-22(24)25;1-2-10-3-5-11(6-4-10)9-13-8-7-12(14)18(15,16)17/h2-10,13,23H,11-12,14-15H2,1H3,(H,24,25);3-6,12-14H,2,7-9H2,1H3,(H2,15,16,17). The average molecular weight is 655 g/mol. The molecule has 11 heteroatoms. The zero-order valence-corrected chi connectivity index (χ0v) is 27.4. The second kappa shape index (κ2) is 18.6. The zero-order chi connectivity index (χ0) is 32.7. The van der Waals surface area contributed by atoms with Gasteiger partial charge in [-0.15, -0.1) is 11.3 Å². The highest BCUT2D eigenvalue weighted by Gasteiger charge is 2.25. The lowest BCUT2D eigenvalue weighted by Crippen LogP contribution is -2.20. The highest BCUT2D eigenvalue weighted by Crippen LogP contribution is 2.40. The summed E-state index contributed by atoms with van der Waals surface area (Å²) in [5.41, 5.74) is 5.99. The van der Waals surface area contributed by atoms with Gasteiger partial charge >= 0.3 is 13.6 Å². The molecule has 0 spiro atoms. The summed E-state index contributed by atoms with van der Waals surface area (Å²) >= 11 is 1.76. The Morgan fingerprint density at radius 1 is 0.889 bits per heavy atom. The van der Waals surface area contributed by atoms with Crippen molar-refractivity contribution in [2.75, 3.05) is 13.1 Å². The topological polar surface area (TPSA) is 148 Å². The van der Waals surface area contributed by atoms with Gasteiger partial charge < -0.3 is 35.4 Å². The third kappa shape index (κ3) is 13.3. The van der Waals surface area contributed by atoms with Gasteiger partial charge in [-0.1, -0.05) is 73.7 Å². The lowest BCUT2D eigenvalue weighted by molar-refractivity contribution is -0.136. The molecule has 242 valence electrons. The van der Waals surface area contributed by atoms with Gasteiger partial charge in [0.05, 0.1) is 6.42 Å². The molecule has 4 aromatic rings. The fraction of sp³-hybridized carbons (Fsp3) is 0.324. The summed E-state index contributed by atoms with van der Waals surface area (Å²) in [5.74, 6) is -1.53. The van der Waals surface area contributed by atoms with Crippen LogP contribution in [0.15, 0.2) is 84.9 Å². The number of aliphatic hydroxyl groups is 1. The predicted molar refractivity (Wildman–Crippen MR) is 179 cm³/mol. The van der Waals surface area contributed by atoms with E-state index in [4.69, 9.17) is 24.7 Å². The molecule has 0 radical (unpaired) electrons. The van der Waals surface area contributed by atoms with E-state index in [0.29, 0.717) is 32.8 Å². The maximum absolute atomic E-state index is 10.7. The van der Waals surface area contributed by atoms with Crippen LogP contribution in [-0.4, -0.2) is 44.9 Å². The highest BCUT2D eigenvalue weighted by atomic mass is 32.1. The summed E-state index contributed by atoms with van der Waals surface area (Å²) in [7, 11) is -4.36. The molecule has 1 unspecified atom stereocenters. The van der Waals surface area contributed by atoms with Crippen LogP contribution in [0.25, 0.3) is 11.1 Å². The van der Waals surface area contributed by atoms with Crippen molar-refractivity contribution in [1.82, 2.24) is 10.6 Å². The van der Waals surface area contributed by atoms with Crippen molar-refractivity contribution in [2.45, 2.75) is 58.7 Å². The van der Waals surface area contributed by atoms with Crippen LogP contribution in [-0.2, 0) is 35.5 Å². The van der Waals surface area contributed by atoms with E-state index in [1.54, 1.807) is 11.3 Å². The molecule has 1 aromatic heterocycles. The van der Waals surface area contributed by atoms with Crippen molar-refractivity contribution in [2.24, 2.45) is 0 Å². The third-order valence-corrected chi connectivity index (χ3v) is 8.99. The van der Waals surface area contributed by atoms with Gasteiger partial charge in [-0.2, -0.15) is 0 Å². The molecule has 9 nitrogen and oxygen atoms in total. The van der Waals surface area contributed by atoms with Gasteiger partial charge in [0.1, 0.15) is 12.4 Å². The van der Waals surface area contributed by atoms with Crippen LogP contribution in [0.5, 0.6) is 5.75 Å². The third-order valence-electron chi connectivity index (χ3n) is 6.93. The van der Waals surface area contributed by atoms with Crippen molar-refractivity contribution < 1.29 is 34.1 Å². The van der Waals surface area contributed by atoms with Gasteiger partial charge in [-0.3, -0.25) is 9.36 Å². The first-order valence-electron chi connectivity index (χ1n) is 14.9. The molecule has 0 bridgehead atoms. The Morgan fingerprint density at radius 2 is 1.47 bits per heavy atom. The van der Waals surface area contributed by atoms with E-state index in [1.807, 2.05) is 42.5 Å². The Kier molecular flexibility index (Phi) is 14.9. The maximum atomic E-state index is 10.7. The summed E-state index contributed by atoms with van der Waals surface area (Å²) in [6.45, 7) is 6.89. The minimum absolute atomic E-state index is 0.0390. The average Bonchev–Trinajstić information content (AvgIpc) is 3.41. The lowest BCUT2D eigenvalue weighted by Gasteiger charge is -2.12. The molecule has 4 rings (SSSR count). The van der Waals surface area contributed by atoms with Crippen LogP contribution in [0.4, 0.5) is 0 Å². The Balaban J connectivity index is 0.000000268. The lowest BCUT2D eigenvalue weighted by atomic mass is 10.1. The number of carboxylic acids is 1. The minimum atomic E-state index is -4.36. The van der Waals surface area contributed by atoms with E-state index in [-0.39, 0.29) is 12.8 Å². The number of carbonyl (C=O) groups is 1. The number of ether oxygens (including phenoxy) is 1. The van der Waals surface area contributed by atoms with Crippen molar-refractivity contribution in [1.29, 1.82) is 0 Å². The highest BCUT2D eigenvalue weighted by molar-refractivity contribution is 7.52. The second-order valence-corrected chi connectivity index (χ2v) is 13.6. The number of hydrogen-bond donors (Lipinski definition) is 6. The van der Waals surface area contributed by atoms with E-state index in [1.165, 1.54) is 26.4 Å². The Bertz CT molecular complexity index is 1490. The van der Waals surface area contributed by atoms with Crippen LogP contribution >= 0.6 is 18.9 Å². The Hall–Kier alpha value is -3.34. The zero-order valence-electron chi connectivity index (χ0n) is 25.7. The summed E-state index contributed by atoms with van der Waals surface area (Å²) in [6.07, 6.45) is 1.17. The molecule has 0 aliphatic heterocycles. The van der Waals surface area contributed by atoms with Crippen LogP contribution in [0.1, 0.15) is 46.2 Å². The van der Waals surface area contributed by atoms with Crippen molar-refractivity contribution in [3.05, 3.63) is 111 Å². The summed E-state index contributed by atoms with van der Waals surface area (Å²) < 4.78 is 16.6. The smallest absolute Gasteiger partial charge is 0.353 e. The molecule has 1 atom stereocenters. The van der Waals surface area contributed by atoms with Gasteiger partial charge in [-0.25, -0.2) is 0 Å². The van der Waals surface area contributed by atoms with Gasteiger partial charge in [0.15, 0.2) is 5.85 Å². The van der Waals surface area contributed by atoms with Gasteiger partial charge in [0, 0.05) is 29.4 Å². The van der Waals surface area contributed by atoms with Crippen molar-refractivity contribution >= 4 is 24.9 Å². The molecule has 0 fully saturated rings.